The molecule has 5 heteroatoms. The number of hydrogen-bond donors (Lipinski definition) is 0. The molecule has 0 saturated heterocycles. The van der Waals surface area contributed by atoms with E-state index in [1.165, 1.54) is 12.4 Å². The molecule has 1 aromatic heterocycles. The van der Waals surface area contributed by atoms with Crippen LogP contribution in [0.5, 0.6) is 0 Å². The summed E-state index contributed by atoms with van der Waals surface area (Å²) in [5.74, 6) is 0. The van der Waals surface area contributed by atoms with E-state index in [4.69, 9.17) is 0 Å². The van der Waals surface area contributed by atoms with Crippen molar-refractivity contribution in [1.82, 2.24) is 9.19 Å². The van der Waals surface area contributed by atoms with Crippen LogP contribution < -0.4 is 0 Å². The van der Waals surface area contributed by atoms with E-state index in [9.17, 15) is 8.42 Å². The van der Waals surface area contributed by atoms with Gasteiger partial charge in [-0.1, -0.05) is 32.9 Å². The van der Waals surface area contributed by atoms with Crippen LogP contribution in [0.1, 0.15) is 26.3 Å². The molecule has 0 radical (unpaired) electrons. The molecule has 18 heavy (non-hydrogen) atoms. The van der Waals surface area contributed by atoms with Gasteiger partial charge in [-0.15, -0.1) is 0 Å². The summed E-state index contributed by atoms with van der Waals surface area (Å²) in [6, 6.07) is 8.52. The summed E-state index contributed by atoms with van der Waals surface area (Å²) in [7, 11) is -3.55. The predicted molar refractivity (Wildman–Crippen MR) is 70.0 cm³/mol. The van der Waals surface area contributed by atoms with E-state index >= 15 is 0 Å². The van der Waals surface area contributed by atoms with Crippen molar-refractivity contribution < 1.29 is 8.42 Å². The van der Waals surface area contributed by atoms with Crippen molar-refractivity contribution in [1.29, 1.82) is 0 Å². The molecule has 96 valence electrons. The molecule has 0 aliphatic carbocycles. The largest absolute Gasteiger partial charge is 0.282 e. The molecule has 2 aromatic rings. The van der Waals surface area contributed by atoms with Gasteiger partial charge in [0.1, 0.15) is 0 Å². The monoisotopic (exact) mass is 264 g/mol. The Hall–Kier alpha value is -1.62. The van der Waals surface area contributed by atoms with Gasteiger partial charge in [0, 0.05) is 6.20 Å². The van der Waals surface area contributed by atoms with Crippen LogP contribution in [-0.2, 0) is 15.4 Å². The number of hydrogen-bond acceptors (Lipinski definition) is 3. The first-order valence-electron chi connectivity index (χ1n) is 5.67. The van der Waals surface area contributed by atoms with Gasteiger partial charge in [-0.05, 0) is 29.2 Å². The molecule has 0 saturated carbocycles. The maximum atomic E-state index is 12.2. The van der Waals surface area contributed by atoms with E-state index in [-0.39, 0.29) is 10.3 Å². The highest BCUT2D eigenvalue weighted by molar-refractivity contribution is 7.89. The second kappa shape index (κ2) is 4.24. The zero-order valence-electron chi connectivity index (χ0n) is 10.7. The molecule has 2 rings (SSSR count). The lowest BCUT2D eigenvalue weighted by Gasteiger charge is -2.19. The van der Waals surface area contributed by atoms with Gasteiger partial charge >= 0.3 is 0 Å². The summed E-state index contributed by atoms with van der Waals surface area (Å²) in [6.07, 6.45) is 2.87. The van der Waals surface area contributed by atoms with Crippen LogP contribution in [0.3, 0.4) is 0 Å². The van der Waals surface area contributed by atoms with Crippen molar-refractivity contribution in [3.05, 3.63) is 48.3 Å². The Labute approximate surface area is 107 Å². The summed E-state index contributed by atoms with van der Waals surface area (Å²) in [6.45, 7) is 6.26. The topological polar surface area (TPSA) is 52.0 Å². The fourth-order valence-electron chi connectivity index (χ4n) is 1.63. The van der Waals surface area contributed by atoms with Crippen LogP contribution in [0.4, 0.5) is 0 Å². The van der Waals surface area contributed by atoms with Crippen LogP contribution in [0.2, 0.25) is 0 Å². The summed E-state index contributed by atoms with van der Waals surface area (Å²) in [5, 5.41) is 3.76. The Kier molecular flexibility index (Phi) is 3.02. The van der Waals surface area contributed by atoms with Crippen molar-refractivity contribution in [2.75, 3.05) is 0 Å². The fourth-order valence-corrected chi connectivity index (χ4v) is 2.74. The highest BCUT2D eigenvalue weighted by Gasteiger charge is 2.19. The zero-order chi connectivity index (χ0) is 13.4. The molecular weight excluding hydrogens is 248 g/mol. The van der Waals surface area contributed by atoms with Gasteiger partial charge in [-0.3, -0.25) is 0 Å². The molecule has 1 heterocycles. The third-order valence-corrected chi connectivity index (χ3v) is 4.32. The number of rotatable bonds is 2. The average molecular weight is 264 g/mol. The number of benzene rings is 1. The molecule has 0 bridgehead atoms. The molecule has 0 aliphatic heterocycles. The van der Waals surface area contributed by atoms with Crippen molar-refractivity contribution in [3.8, 4) is 0 Å². The minimum Gasteiger partial charge on any atom is -0.199 e. The summed E-state index contributed by atoms with van der Waals surface area (Å²) >= 11 is 0. The highest BCUT2D eigenvalue weighted by Crippen LogP contribution is 2.23. The van der Waals surface area contributed by atoms with Gasteiger partial charge in [-0.2, -0.15) is 17.6 Å². The normalized spacial score (nSPS) is 12.6. The molecule has 0 N–H and O–H groups in total. The van der Waals surface area contributed by atoms with Gasteiger partial charge in [0.2, 0.25) is 0 Å². The van der Waals surface area contributed by atoms with Gasteiger partial charge in [0.15, 0.2) is 0 Å². The van der Waals surface area contributed by atoms with E-state index in [2.05, 4.69) is 25.9 Å². The smallest absolute Gasteiger partial charge is 0.199 e. The van der Waals surface area contributed by atoms with E-state index < -0.39 is 10.0 Å². The first kappa shape index (κ1) is 12.8. The molecule has 4 nitrogen and oxygen atoms in total. The standard InChI is InChI=1S/C13H16N2O2S/c1-13(2,3)11-5-7-12(8-6-11)18(16,17)15-10-4-9-14-15/h4-10H,1-3H3. The van der Waals surface area contributed by atoms with Crippen LogP contribution in [0, 0.1) is 0 Å². The van der Waals surface area contributed by atoms with Crippen molar-refractivity contribution >= 4 is 10.0 Å². The quantitative estimate of drug-likeness (QED) is 0.837. The first-order valence-corrected chi connectivity index (χ1v) is 7.11. The minimum absolute atomic E-state index is 0.00793. The molecule has 0 unspecified atom stereocenters. The second-order valence-corrected chi connectivity index (χ2v) is 6.95. The Morgan fingerprint density at radius 1 is 1.11 bits per heavy atom. The van der Waals surface area contributed by atoms with Gasteiger partial charge in [-0.25, -0.2) is 0 Å². The van der Waals surface area contributed by atoms with E-state index in [1.54, 1.807) is 18.2 Å². The van der Waals surface area contributed by atoms with Crippen molar-refractivity contribution in [2.24, 2.45) is 0 Å². The van der Waals surface area contributed by atoms with Gasteiger partial charge in [0.05, 0.1) is 11.1 Å². The zero-order valence-corrected chi connectivity index (χ0v) is 11.5. The Morgan fingerprint density at radius 2 is 1.72 bits per heavy atom. The maximum Gasteiger partial charge on any atom is 0.282 e. The first-order chi connectivity index (χ1) is 8.32. The second-order valence-electron chi connectivity index (χ2n) is 5.16. The van der Waals surface area contributed by atoms with Crippen molar-refractivity contribution in [3.63, 3.8) is 0 Å². The number of aromatic nitrogens is 2. The van der Waals surface area contributed by atoms with Gasteiger partial charge < -0.3 is 0 Å². The summed E-state index contributed by atoms with van der Waals surface area (Å²) in [5.41, 5.74) is 1.11. The molecule has 0 fully saturated rings. The third kappa shape index (κ3) is 2.31. The Balaban J connectivity index is 2.42. The molecule has 0 amide bonds. The Bertz CT molecular complexity index is 621. The molecule has 0 atom stereocenters. The average Bonchev–Trinajstić information content (AvgIpc) is 2.82. The lowest BCUT2D eigenvalue weighted by atomic mass is 9.87. The van der Waals surface area contributed by atoms with Crippen LogP contribution >= 0.6 is 0 Å². The van der Waals surface area contributed by atoms with Crippen LogP contribution in [-0.4, -0.2) is 17.6 Å². The van der Waals surface area contributed by atoms with E-state index in [1.807, 2.05) is 12.1 Å². The highest BCUT2D eigenvalue weighted by atomic mass is 32.2. The van der Waals surface area contributed by atoms with Crippen LogP contribution in [0.25, 0.3) is 0 Å². The lowest BCUT2D eigenvalue weighted by molar-refractivity contribution is 0.577. The molecular formula is C13H16N2O2S. The fraction of sp³-hybridized carbons (Fsp3) is 0.308. The maximum absolute atomic E-state index is 12.2. The van der Waals surface area contributed by atoms with E-state index in [0.29, 0.717) is 0 Å². The summed E-state index contributed by atoms with van der Waals surface area (Å²) in [4.78, 5) is 0.249. The third-order valence-electron chi connectivity index (χ3n) is 2.74. The van der Waals surface area contributed by atoms with Crippen LogP contribution in [0.15, 0.2) is 47.6 Å². The van der Waals surface area contributed by atoms with E-state index in [0.717, 1.165) is 9.65 Å². The molecule has 1 aromatic carbocycles. The van der Waals surface area contributed by atoms with Crippen molar-refractivity contribution in [2.45, 2.75) is 31.1 Å². The summed E-state index contributed by atoms with van der Waals surface area (Å²) < 4.78 is 25.3. The Morgan fingerprint density at radius 3 is 2.17 bits per heavy atom. The predicted octanol–water partition coefficient (Wildman–Crippen LogP) is 2.42. The SMILES string of the molecule is CC(C)(C)c1ccc(S(=O)(=O)n2cccn2)cc1. The molecule has 0 spiro atoms. The molecule has 0 aliphatic rings. The minimum atomic E-state index is -3.55. The van der Waals surface area contributed by atoms with Gasteiger partial charge in [0.25, 0.3) is 10.0 Å². The lowest BCUT2D eigenvalue weighted by Crippen LogP contribution is -2.15. The number of nitrogens with zero attached hydrogens (tertiary/aromatic N) is 2.